The summed E-state index contributed by atoms with van der Waals surface area (Å²) in [7, 11) is 0. The fraction of sp³-hybridized carbons (Fsp3) is 0.0952. The van der Waals surface area contributed by atoms with E-state index in [4.69, 9.17) is 4.98 Å². The van der Waals surface area contributed by atoms with Gasteiger partial charge in [-0.3, -0.25) is 7.91 Å². The fourth-order valence-electron chi connectivity index (χ4n) is 3.30. The van der Waals surface area contributed by atoms with Gasteiger partial charge in [0.15, 0.2) is 0 Å². The molecule has 1 amide bonds. The number of carbonyl (C=O) groups is 1. The predicted molar refractivity (Wildman–Crippen MR) is 121 cm³/mol. The molecule has 3 heterocycles. The Labute approximate surface area is 186 Å². The smallest absolute Gasteiger partial charge is 0.240 e. The van der Waals surface area contributed by atoms with Crippen molar-refractivity contribution in [3.05, 3.63) is 78.2 Å². The number of carbonyl (C=O) groups excluding carboxylic acids is 1. The molecular formula is C21H16IN7O. The number of halogens is 1. The fourth-order valence-corrected chi connectivity index (χ4v) is 3.89. The van der Waals surface area contributed by atoms with Crippen LogP contribution in [0.4, 0.5) is 11.6 Å². The highest BCUT2D eigenvalue weighted by atomic mass is 127. The first-order valence-electron chi connectivity index (χ1n) is 9.33. The van der Waals surface area contributed by atoms with E-state index in [1.807, 2.05) is 77.5 Å². The van der Waals surface area contributed by atoms with Crippen molar-refractivity contribution >= 4 is 40.4 Å². The molecule has 1 N–H and O–H groups in total. The molecule has 30 heavy (non-hydrogen) atoms. The van der Waals surface area contributed by atoms with Crippen LogP contribution in [0.3, 0.4) is 0 Å². The number of nitrogens with one attached hydrogen (secondary N) is 1. The van der Waals surface area contributed by atoms with Gasteiger partial charge in [-0.05, 0) is 18.2 Å². The largest absolute Gasteiger partial charge is 0.348 e. The lowest BCUT2D eigenvalue weighted by molar-refractivity contribution is -0.116. The second-order valence-corrected chi connectivity index (χ2v) is 7.72. The van der Waals surface area contributed by atoms with E-state index in [9.17, 15) is 4.79 Å². The van der Waals surface area contributed by atoms with Gasteiger partial charge in [0.1, 0.15) is 5.69 Å². The van der Waals surface area contributed by atoms with Crippen LogP contribution in [0.5, 0.6) is 0 Å². The standard InChI is InChI=1S/C21H16IN7O/c22-28-18-9-5-4-8-17(18)20-14(10-19(28)30)11-23-21(26-20)24-12-15-13-25-29(27-15)16-6-2-1-3-7-16/h1-9,11,13H,10,12H2,(H,23,24,26). The van der Waals surface area contributed by atoms with Crippen molar-refractivity contribution in [3.8, 4) is 16.9 Å². The van der Waals surface area contributed by atoms with E-state index in [2.05, 4.69) is 20.5 Å². The maximum Gasteiger partial charge on any atom is 0.240 e. The van der Waals surface area contributed by atoms with Gasteiger partial charge in [-0.2, -0.15) is 15.0 Å². The highest BCUT2D eigenvalue weighted by Gasteiger charge is 2.25. The van der Waals surface area contributed by atoms with E-state index in [-0.39, 0.29) is 12.3 Å². The molecule has 4 aromatic rings. The molecule has 1 aliphatic rings. The third-order valence-corrected chi connectivity index (χ3v) is 5.81. The Hall–Kier alpha value is -3.34. The topological polar surface area (TPSA) is 88.8 Å². The summed E-state index contributed by atoms with van der Waals surface area (Å²) < 4.78 is 1.64. The average Bonchev–Trinajstić information content (AvgIpc) is 3.24. The normalized spacial score (nSPS) is 12.8. The first-order chi connectivity index (χ1) is 14.7. The summed E-state index contributed by atoms with van der Waals surface area (Å²) in [5, 5.41) is 12.0. The molecule has 0 saturated heterocycles. The Kier molecular flexibility index (Phi) is 4.87. The molecule has 0 fully saturated rings. The van der Waals surface area contributed by atoms with Crippen LogP contribution in [-0.4, -0.2) is 30.9 Å². The Morgan fingerprint density at radius 2 is 1.83 bits per heavy atom. The first kappa shape index (κ1) is 18.7. The van der Waals surface area contributed by atoms with Crippen molar-refractivity contribution in [1.82, 2.24) is 25.0 Å². The molecule has 8 nitrogen and oxygen atoms in total. The third-order valence-electron chi connectivity index (χ3n) is 4.75. The Bertz CT molecular complexity index is 1230. The van der Waals surface area contributed by atoms with Crippen LogP contribution in [0.15, 0.2) is 67.0 Å². The maximum absolute atomic E-state index is 12.5. The summed E-state index contributed by atoms with van der Waals surface area (Å²) >= 11 is 2.04. The van der Waals surface area contributed by atoms with Crippen molar-refractivity contribution in [2.45, 2.75) is 13.0 Å². The van der Waals surface area contributed by atoms with Crippen molar-refractivity contribution in [2.24, 2.45) is 0 Å². The van der Waals surface area contributed by atoms with Gasteiger partial charge >= 0.3 is 0 Å². The van der Waals surface area contributed by atoms with E-state index in [1.165, 1.54) is 0 Å². The monoisotopic (exact) mass is 509 g/mol. The number of aromatic nitrogens is 5. The van der Waals surface area contributed by atoms with Crippen molar-refractivity contribution in [2.75, 3.05) is 8.43 Å². The summed E-state index contributed by atoms with van der Waals surface area (Å²) in [5.74, 6) is 0.482. The molecule has 2 aromatic carbocycles. The second kappa shape index (κ2) is 7.82. The summed E-state index contributed by atoms with van der Waals surface area (Å²) in [4.78, 5) is 23.2. The molecule has 2 aromatic heterocycles. The van der Waals surface area contributed by atoms with Crippen LogP contribution in [-0.2, 0) is 17.8 Å². The Balaban J connectivity index is 1.40. The van der Waals surface area contributed by atoms with Gasteiger partial charge in [0, 0.05) is 17.3 Å². The molecule has 0 saturated carbocycles. The van der Waals surface area contributed by atoms with E-state index in [0.717, 1.165) is 33.9 Å². The molecule has 148 valence electrons. The minimum atomic E-state index is 0.00337. The lowest BCUT2D eigenvalue weighted by Crippen LogP contribution is -2.20. The molecule has 0 atom stereocenters. The number of nitrogens with zero attached hydrogens (tertiary/aromatic N) is 6. The van der Waals surface area contributed by atoms with E-state index >= 15 is 0 Å². The molecule has 5 rings (SSSR count). The van der Waals surface area contributed by atoms with Gasteiger partial charge in [0.2, 0.25) is 11.9 Å². The lowest BCUT2D eigenvalue weighted by Gasteiger charge is -2.14. The highest BCUT2D eigenvalue weighted by molar-refractivity contribution is 14.1. The summed E-state index contributed by atoms with van der Waals surface area (Å²) in [5.41, 5.74) is 4.99. The summed E-state index contributed by atoms with van der Waals surface area (Å²) in [6.45, 7) is 0.435. The molecule has 0 bridgehead atoms. The number of fused-ring (bicyclic) bond motifs is 3. The zero-order valence-electron chi connectivity index (χ0n) is 15.7. The molecule has 0 unspecified atom stereocenters. The van der Waals surface area contributed by atoms with Crippen LogP contribution in [0.25, 0.3) is 16.9 Å². The number of anilines is 2. The molecule has 0 spiro atoms. The molecule has 9 heteroatoms. The van der Waals surface area contributed by atoms with Crippen LogP contribution in [0.1, 0.15) is 11.3 Å². The third kappa shape index (κ3) is 3.52. The quantitative estimate of drug-likeness (QED) is 0.334. The number of rotatable bonds is 4. The maximum atomic E-state index is 12.5. The van der Waals surface area contributed by atoms with Gasteiger partial charge < -0.3 is 5.32 Å². The zero-order valence-corrected chi connectivity index (χ0v) is 17.9. The zero-order chi connectivity index (χ0) is 20.5. The Morgan fingerprint density at radius 3 is 2.70 bits per heavy atom. The number of para-hydroxylation sites is 2. The van der Waals surface area contributed by atoms with Crippen LogP contribution < -0.4 is 8.43 Å². The molecule has 0 radical (unpaired) electrons. The van der Waals surface area contributed by atoms with Gasteiger partial charge in [0.05, 0.1) is 59.1 Å². The van der Waals surface area contributed by atoms with Gasteiger partial charge in [-0.25, -0.2) is 9.97 Å². The minimum Gasteiger partial charge on any atom is -0.348 e. The highest BCUT2D eigenvalue weighted by Crippen LogP contribution is 2.37. The van der Waals surface area contributed by atoms with Crippen LogP contribution in [0.2, 0.25) is 0 Å². The number of hydrogen-bond acceptors (Lipinski definition) is 6. The van der Waals surface area contributed by atoms with Crippen molar-refractivity contribution in [3.63, 3.8) is 0 Å². The summed E-state index contributed by atoms with van der Waals surface area (Å²) in [6, 6.07) is 17.5. The van der Waals surface area contributed by atoms with Gasteiger partial charge in [-0.15, -0.1) is 0 Å². The minimum absolute atomic E-state index is 0.00337. The molecule has 1 aliphatic heterocycles. The van der Waals surface area contributed by atoms with Crippen LogP contribution >= 0.6 is 22.9 Å². The van der Waals surface area contributed by atoms with E-state index < -0.39 is 0 Å². The van der Waals surface area contributed by atoms with Gasteiger partial charge in [-0.1, -0.05) is 36.4 Å². The van der Waals surface area contributed by atoms with Crippen LogP contribution in [0, 0.1) is 0 Å². The lowest BCUT2D eigenvalue weighted by atomic mass is 10.1. The van der Waals surface area contributed by atoms with Gasteiger partial charge in [0.25, 0.3) is 0 Å². The number of hydrogen-bond donors (Lipinski definition) is 1. The Morgan fingerprint density at radius 1 is 1.03 bits per heavy atom. The number of amides is 1. The molecule has 0 aliphatic carbocycles. The van der Waals surface area contributed by atoms with Crippen molar-refractivity contribution in [1.29, 1.82) is 0 Å². The van der Waals surface area contributed by atoms with E-state index in [1.54, 1.807) is 20.3 Å². The molecular weight excluding hydrogens is 493 g/mol. The average molecular weight is 509 g/mol. The second-order valence-electron chi connectivity index (χ2n) is 6.75. The van der Waals surface area contributed by atoms with Crippen molar-refractivity contribution < 1.29 is 4.79 Å². The predicted octanol–water partition coefficient (Wildman–Crippen LogP) is 3.58. The number of benzene rings is 2. The summed E-state index contributed by atoms with van der Waals surface area (Å²) in [6.07, 6.45) is 3.69. The SMILES string of the molecule is O=C1Cc2cnc(NCc3cnn(-c4ccccc4)n3)nc2-c2ccccc2N1I. The van der Waals surface area contributed by atoms with E-state index in [0.29, 0.717) is 12.5 Å². The first-order valence-corrected chi connectivity index (χ1v) is 10.3.